The molecule has 3 N–H and O–H groups in total. The molecule has 0 bridgehead atoms. The largest absolute Gasteiger partial charge is 0.472 e. The number of unbranched alkanes of at least 4 members (excludes halogenated alkanes) is 29. The van der Waals surface area contributed by atoms with Crippen LogP contribution in [0.15, 0.2) is 134 Å². The van der Waals surface area contributed by atoms with Crippen molar-refractivity contribution in [3.8, 4) is 0 Å². The van der Waals surface area contributed by atoms with Crippen molar-refractivity contribution < 1.29 is 37.6 Å². The van der Waals surface area contributed by atoms with Crippen molar-refractivity contribution in [2.45, 2.75) is 302 Å². The van der Waals surface area contributed by atoms with Gasteiger partial charge in [0.25, 0.3) is 0 Å². The topological polar surface area (TPSA) is 134 Å². The van der Waals surface area contributed by atoms with Gasteiger partial charge in [0, 0.05) is 19.4 Å². The second-order valence-corrected chi connectivity index (χ2v) is 24.1. The van der Waals surface area contributed by atoms with Crippen LogP contribution in [-0.4, -0.2) is 49.3 Å². The Morgan fingerprint density at radius 3 is 0.965 bits per heavy atom. The van der Waals surface area contributed by atoms with Crippen LogP contribution in [0.25, 0.3) is 0 Å². The number of ether oxygens (including phenoxy) is 2. The zero-order chi connectivity index (χ0) is 61.6. The third-order valence-electron chi connectivity index (χ3n) is 14.5. The Kier molecular flexibility index (Phi) is 66.1. The lowest BCUT2D eigenvalue weighted by molar-refractivity contribution is -0.161. The molecule has 0 aliphatic carbocycles. The smallest absolute Gasteiger partial charge is 0.462 e. The molecule has 9 nitrogen and oxygen atoms in total. The molecule has 2 unspecified atom stereocenters. The number of carbonyl (C=O) groups excluding carboxylic acids is 2. The molecule has 0 aromatic heterocycles. The van der Waals surface area contributed by atoms with E-state index in [1.807, 2.05) is 0 Å². The number of esters is 2. The molecule has 0 amide bonds. The summed E-state index contributed by atoms with van der Waals surface area (Å²) in [5.41, 5.74) is 5.40. The van der Waals surface area contributed by atoms with E-state index in [1.165, 1.54) is 154 Å². The van der Waals surface area contributed by atoms with Gasteiger partial charge in [-0.1, -0.05) is 302 Å². The molecular formula is C75H128NO8P. The van der Waals surface area contributed by atoms with Crippen LogP contribution in [0.5, 0.6) is 0 Å². The summed E-state index contributed by atoms with van der Waals surface area (Å²) >= 11 is 0. The van der Waals surface area contributed by atoms with Crippen LogP contribution in [0.3, 0.4) is 0 Å². The maximum absolute atomic E-state index is 12.8. The average molecular weight is 1200 g/mol. The lowest BCUT2D eigenvalue weighted by Crippen LogP contribution is -2.29. The molecule has 0 heterocycles. The van der Waals surface area contributed by atoms with Crippen LogP contribution in [0.4, 0.5) is 0 Å². The maximum Gasteiger partial charge on any atom is 0.472 e. The number of phosphoric acid groups is 1. The quantitative estimate of drug-likeness (QED) is 0.0264. The molecule has 2 atom stereocenters. The molecule has 0 saturated heterocycles. The molecule has 0 fully saturated rings. The molecule has 0 aromatic rings. The van der Waals surface area contributed by atoms with E-state index in [2.05, 4.69) is 148 Å². The fourth-order valence-electron chi connectivity index (χ4n) is 9.43. The van der Waals surface area contributed by atoms with Crippen molar-refractivity contribution in [3.05, 3.63) is 134 Å². The van der Waals surface area contributed by atoms with Crippen LogP contribution in [-0.2, 0) is 32.7 Å². The van der Waals surface area contributed by atoms with Gasteiger partial charge in [-0.15, -0.1) is 0 Å². The van der Waals surface area contributed by atoms with E-state index < -0.39 is 26.5 Å². The number of allylic oxidation sites excluding steroid dienone is 22. The molecule has 0 spiro atoms. The molecule has 85 heavy (non-hydrogen) atoms. The number of nitrogens with two attached hydrogens (primary N) is 1. The first-order chi connectivity index (χ1) is 41.8. The molecule has 0 radical (unpaired) electrons. The van der Waals surface area contributed by atoms with Crippen molar-refractivity contribution in [2.24, 2.45) is 5.73 Å². The van der Waals surface area contributed by atoms with E-state index >= 15 is 0 Å². The van der Waals surface area contributed by atoms with Gasteiger partial charge in [0.15, 0.2) is 6.10 Å². The maximum atomic E-state index is 12.8. The summed E-state index contributed by atoms with van der Waals surface area (Å²) in [4.78, 5) is 35.4. The first-order valence-electron chi connectivity index (χ1n) is 34.7. The fraction of sp³-hybridized carbons (Fsp3) is 0.680. The van der Waals surface area contributed by atoms with Crippen LogP contribution in [0, 0.1) is 0 Å². The summed E-state index contributed by atoms with van der Waals surface area (Å²) < 4.78 is 33.2. The van der Waals surface area contributed by atoms with Gasteiger partial charge in [0.05, 0.1) is 13.2 Å². The van der Waals surface area contributed by atoms with Gasteiger partial charge in [-0.05, 0) is 116 Å². The molecule has 0 aliphatic heterocycles. The summed E-state index contributed by atoms with van der Waals surface area (Å²) in [6.45, 7) is 3.63. The highest BCUT2D eigenvalue weighted by Crippen LogP contribution is 2.43. The normalized spacial score (nSPS) is 13.8. The minimum atomic E-state index is -4.40. The number of phosphoric ester groups is 1. The second-order valence-electron chi connectivity index (χ2n) is 22.7. The zero-order valence-corrected chi connectivity index (χ0v) is 55.4. The zero-order valence-electron chi connectivity index (χ0n) is 54.5. The Morgan fingerprint density at radius 1 is 0.365 bits per heavy atom. The number of rotatable bonds is 64. The van der Waals surface area contributed by atoms with E-state index in [4.69, 9.17) is 24.3 Å². The molecule has 10 heteroatoms. The van der Waals surface area contributed by atoms with Crippen LogP contribution < -0.4 is 5.73 Å². The van der Waals surface area contributed by atoms with Crippen molar-refractivity contribution in [3.63, 3.8) is 0 Å². The van der Waals surface area contributed by atoms with Gasteiger partial charge < -0.3 is 20.1 Å². The molecule has 0 aromatic carbocycles. The monoisotopic (exact) mass is 1200 g/mol. The third-order valence-corrected chi connectivity index (χ3v) is 15.5. The van der Waals surface area contributed by atoms with Gasteiger partial charge in [0.1, 0.15) is 6.61 Å². The number of carbonyl (C=O) groups is 2. The van der Waals surface area contributed by atoms with Gasteiger partial charge in [-0.2, -0.15) is 0 Å². The summed E-state index contributed by atoms with van der Waals surface area (Å²) in [7, 11) is -4.40. The summed E-state index contributed by atoms with van der Waals surface area (Å²) in [5, 5.41) is 0. The second kappa shape index (κ2) is 69.3. The summed E-state index contributed by atoms with van der Waals surface area (Å²) in [5.74, 6) is -0.834. The van der Waals surface area contributed by atoms with Gasteiger partial charge in [-0.3, -0.25) is 18.6 Å². The van der Waals surface area contributed by atoms with Crippen molar-refractivity contribution in [1.82, 2.24) is 0 Å². The van der Waals surface area contributed by atoms with Crippen molar-refractivity contribution in [2.75, 3.05) is 26.4 Å². The lowest BCUT2D eigenvalue weighted by atomic mass is 10.0. The third kappa shape index (κ3) is 69.1. The molecule has 486 valence electrons. The molecular weight excluding hydrogens is 1070 g/mol. The lowest BCUT2D eigenvalue weighted by Gasteiger charge is -2.19. The molecule has 0 saturated carbocycles. The Bertz CT molecular complexity index is 1860. The van der Waals surface area contributed by atoms with E-state index in [0.29, 0.717) is 6.42 Å². The Hall–Kier alpha value is -3.85. The highest BCUT2D eigenvalue weighted by molar-refractivity contribution is 7.47. The Balaban J connectivity index is 3.95. The SMILES string of the molecule is CC/C=C\C/C=C\C/C=C\C/C=C\C/C=C\C/C=C\C/C=C\C/C=C\C/C=C\CCCCCCCCCCCC(=O)OC(COC(=O)CCCCCCCCCCCCCCCCC/C=C\C/C=C\CCCCCCC)COP(=O)(O)OCCN. The van der Waals surface area contributed by atoms with Gasteiger partial charge in [0.2, 0.25) is 0 Å². The van der Waals surface area contributed by atoms with Crippen molar-refractivity contribution in [1.29, 1.82) is 0 Å². The van der Waals surface area contributed by atoms with E-state index in [0.717, 1.165) is 109 Å². The van der Waals surface area contributed by atoms with Crippen LogP contribution in [0.2, 0.25) is 0 Å². The van der Waals surface area contributed by atoms with Crippen molar-refractivity contribution >= 4 is 19.8 Å². The minimum Gasteiger partial charge on any atom is -0.462 e. The van der Waals surface area contributed by atoms with E-state index in [1.54, 1.807) is 0 Å². The van der Waals surface area contributed by atoms with E-state index in [9.17, 15) is 19.0 Å². The summed E-state index contributed by atoms with van der Waals surface area (Å²) in [6, 6.07) is 0. The first kappa shape index (κ1) is 81.2. The Labute approximate surface area is 523 Å². The average Bonchev–Trinajstić information content (AvgIpc) is 3.52. The first-order valence-corrected chi connectivity index (χ1v) is 36.2. The van der Waals surface area contributed by atoms with E-state index in [-0.39, 0.29) is 38.6 Å². The standard InChI is InChI=1S/C75H128NO8P/c1-3-5-7-9-11-13-15-17-19-21-23-25-27-29-31-32-33-34-35-36-37-38-39-40-42-44-46-48-50-52-54-56-58-60-62-64-66-68-75(78)84-73(72-83-85(79,80)82-70-69-76)71-81-74(77)67-65-63-61-59-57-55-53-51-49-47-45-43-41-30-28-26-24-22-20-18-16-14-12-10-8-6-4-2/h5,7,11,13,16-19,22-25,29,31,33-34,36-37,39-40,44,46,73H,3-4,6,8-10,12,14-15,20-21,26-28,30,32,35,38,41-43,45,47-72,76H2,1-2H3,(H,79,80)/b7-5-,13-11-,18-16-,19-17-,24-22-,25-23-,31-29-,34-33-,37-36-,40-39-,46-44-. The highest BCUT2D eigenvalue weighted by atomic mass is 31.2. The van der Waals surface area contributed by atoms with Gasteiger partial charge >= 0.3 is 19.8 Å². The molecule has 0 rings (SSSR count). The highest BCUT2D eigenvalue weighted by Gasteiger charge is 2.26. The van der Waals surface area contributed by atoms with Crippen LogP contribution in [0.1, 0.15) is 296 Å². The predicted octanol–water partition coefficient (Wildman–Crippen LogP) is 22.9. The van der Waals surface area contributed by atoms with Crippen LogP contribution >= 0.6 is 7.82 Å². The minimum absolute atomic E-state index is 0.0471. The van der Waals surface area contributed by atoms with Gasteiger partial charge in [-0.25, -0.2) is 4.57 Å². The fourth-order valence-corrected chi connectivity index (χ4v) is 10.2. The predicted molar refractivity (Wildman–Crippen MR) is 367 cm³/mol. The molecule has 0 aliphatic rings. The Morgan fingerprint density at radius 2 is 0.647 bits per heavy atom. The number of hydrogen-bond donors (Lipinski definition) is 2. The number of hydrogen-bond acceptors (Lipinski definition) is 8. The summed E-state index contributed by atoms with van der Waals surface area (Å²) in [6.07, 6.45) is 98.2.